The van der Waals surface area contributed by atoms with Gasteiger partial charge in [0.2, 0.25) is 15.9 Å². The number of carboxylic acids is 5. The zero-order valence-corrected chi connectivity index (χ0v) is 82.2. The summed E-state index contributed by atoms with van der Waals surface area (Å²) in [7, 11) is 7.48. The number of ether oxygens (including phenoxy) is 1. The molecule has 0 spiro atoms. The molecule has 1 amide bonds. The zero-order chi connectivity index (χ0) is 102. The Kier molecular flexibility index (Phi) is 28.6. The minimum absolute atomic E-state index is 0.0488. The number of anilines is 8. The number of halogens is 1. The third-order valence-corrected chi connectivity index (χ3v) is 29.0. The number of nitrogens with two attached hydrogens (primary N) is 5. The standard InChI is InChI=1S/C20H24N6O4.C19H24N6O3.C19H24N6O2.C18H21BrN6O3.C18H22N6O4S/c1-24-6-5-12(9-24)14-8-22-26-17(21)7-15(23-19(14)26)13-3-4-16(20(28)29)25(10-13)18(27)11-30-2;1-12-16(20)25-18(14(10-21-25)13-3-6-23(2)11-13)22-17(12)24-7-4-19(28,5-8-24)9-15(26)27;1-12-17(20)25-19(15(10-21-25)14-5-6-23(2)11-14)22-18(12)24-7-3-13(4-8-24)9-16(26)27;1-23-5-2-11(10-23)12-9-21-25-15(20)14(19)17(22-16(12)25)24-6-3-18(28,4-7-24)8-13(26)27;1-22-6-5-11(9-22)13-8-20-24-16(19)7-14(21-17(13)24)12-3-4-15(18(25)26)23(10-12)29(2,27)28/h5-9,13,16H,3-4,10-11,21H2,1-2H3,(H,28,29);3,6,10-11,28H,4-5,7-9,20H2,1-2H3,(H,26,27);5-6,10-11,13H,3-4,7-9,20H2,1-2H3,(H,26,27);2,5,9-10,28H,3-4,6-8,20H2,1H3,(H,26,27);5-9,12,15H,3-4,10,19H2,1-2H3,(H,25,26). The number of carbonyl (C=O) groups excluding carboxylic acids is 1. The lowest BCUT2D eigenvalue weighted by Crippen LogP contribution is -2.51. The normalized spacial score (nSPS) is 17.9. The van der Waals surface area contributed by atoms with Crippen LogP contribution in [0, 0.1) is 19.8 Å². The number of fused-ring (bicyclic) bond motifs is 5. The summed E-state index contributed by atoms with van der Waals surface area (Å²) in [5.74, 6) is -0.701. The number of carbonyl (C=O) groups is 6. The second-order valence-electron chi connectivity index (χ2n) is 37.2. The number of hydrogen-bond donors (Lipinski definition) is 12. The molecule has 15 aromatic heterocycles. The van der Waals surface area contributed by atoms with Gasteiger partial charge in [-0.05, 0) is 130 Å². The van der Waals surface area contributed by atoms with Gasteiger partial charge in [0.25, 0.3) is 0 Å². The van der Waals surface area contributed by atoms with E-state index in [1.54, 1.807) is 65.7 Å². The smallest absolute Gasteiger partial charge is 0.326 e. The number of sulfonamides is 1. The van der Waals surface area contributed by atoms with E-state index in [2.05, 4.69) is 51.2 Å². The predicted molar refractivity (Wildman–Crippen MR) is 533 cm³/mol. The van der Waals surface area contributed by atoms with Crippen LogP contribution in [-0.2, 0) is 78.8 Å². The Hall–Kier alpha value is -15.0. The number of carboxylic acid groups (broad SMARTS) is 5. The van der Waals surface area contributed by atoms with Crippen LogP contribution in [0.5, 0.6) is 0 Å². The van der Waals surface area contributed by atoms with Crippen molar-refractivity contribution >= 4 is 136 Å². The SMILES string of the molecule is COCC(=O)N1CC(c2cc(N)n3ncc(-c4ccn(C)c4)c3n2)CCC1C(=O)O.Cc1c(N2CCC(CC(=O)O)CC2)nc2c(-c3ccn(C)c3)cnn2c1N.Cc1c(N2CCC(O)(CC(=O)O)CC2)nc2c(-c3ccn(C)c3)cnn2c1N.Cn1ccc(-c2cnn3c(N)c(Br)c(N4CCC(O)(CC(=O)O)CC4)nc23)c1.Cn1ccc(-c2cnn3c(N)cc(C4CCC(C(=O)O)N(S(C)(=O)=O)C4)nc23)c1. The molecule has 750 valence electrons. The fourth-order valence-corrected chi connectivity index (χ4v) is 20.9. The highest BCUT2D eigenvalue weighted by Crippen LogP contribution is 2.42. The van der Waals surface area contributed by atoms with Gasteiger partial charge in [0.05, 0.1) is 72.7 Å². The summed E-state index contributed by atoms with van der Waals surface area (Å²) in [6.07, 6.45) is 34.0. The topological polar surface area (TPSA) is 609 Å². The van der Waals surface area contributed by atoms with Crippen molar-refractivity contribution in [1.29, 1.82) is 0 Å². The molecular weight excluding hydrogens is 1920 g/mol. The monoisotopic (exact) mass is 2030 g/mol. The molecule has 5 aliphatic rings. The molecule has 0 aliphatic carbocycles. The van der Waals surface area contributed by atoms with Crippen molar-refractivity contribution in [2.24, 2.45) is 41.2 Å². The lowest BCUT2D eigenvalue weighted by atomic mass is 9.88. The summed E-state index contributed by atoms with van der Waals surface area (Å²) >= 11 is 3.52. The lowest BCUT2D eigenvalue weighted by Gasteiger charge is -2.38. The molecule has 20 rings (SSSR count). The molecule has 142 heavy (non-hydrogen) atoms. The average Bonchev–Trinajstić information content (AvgIpc) is 1.72. The first-order chi connectivity index (χ1) is 67.5. The van der Waals surface area contributed by atoms with E-state index in [0.717, 1.165) is 126 Å². The van der Waals surface area contributed by atoms with Crippen LogP contribution >= 0.6 is 15.9 Å². The van der Waals surface area contributed by atoms with Crippen LogP contribution in [0.3, 0.4) is 0 Å². The number of aliphatic hydroxyl groups is 2. The molecule has 5 aliphatic heterocycles. The van der Waals surface area contributed by atoms with E-state index in [-0.39, 0.29) is 69.0 Å². The quantitative estimate of drug-likeness (QED) is 0.0328. The minimum Gasteiger partial charge on any atom is -0.481 e. The van der Waals surface area contributed by atoms with Crippen LogP contribution in [0.4, 0.5) is 46.5 Å². The number of rotatable bonds is 21. The van der Waals surface area contributed by atoms with Gasteiger partial charge in [-0.3, -0.25) is 24.0 Å². The van der Waals surface area contributed by atoms with Crippen molar-refractivity contribution in [3.05, 3.63) is 162 Å². The Morgan fingerprint density at radius 3 is 1.11 bits per heavy atom. The maximum atomic E-state index is 12.4. The van der Waals surface area contributed by atoms with Crippen LogP contribution in [-0.4, -0.2) is 281 Å². The molecule has 4 atom stereocenters. The molecule has 20 heterocycles. The van der Waals surface area contributed by atoms with E-state index in [4.69, 9.17) is 73.6 Å². The number of hydrogen-bond acceptors (Lipinski definition) is 29. The first kappa shape index (κ1) is 100.0. The van der Waals surface area contributed by atoms with Crippen molar-refractivity contribution in [2.75, 3.05) is 116 Å². The van der Waals surface area contributed by atoms with Gasteiger partial charge < -0.3 is 112 Å². The molecule has 0 aromatic carbocycles. The molecule has 0 radical (unpaired) electrons. The zero-order valence-electron chi connectivity index (χ0n) is 79.8. The maximum absolute atomic E-state index is 12.4. The molecule has 0 bridgehead atoms. The first-order valence-corrected chi connectivity index (χ1v) is 48.7. The van der Waals surface area contributed by atoms with E-state index in [1.807, 2.05) is 169 Å². The minimum atomic E-state index is -3.68. The fraction of sp³-hybridized carbons (Fsp3) is 0.404. The summed E-state index contributed by atoms with van der Waals surface area (Å²) in [5, 5.41) is 88.8. The van der Waals surface area contributed by atoms with Gasteiger partial charge in [0.15, 0.2) is 28.2 Å². The molecule has 5 saturated heterocycles. The van der Waals surface area contributed by atoms with Gasteiger partial charge in [-0.25, -0.2) is 38.1 Å². The molecule has 46 nitrogen and oxygen atoms in total. The number of aryl methyl sites for hydroxylation is 5. The highest BCUT2D eigenvalue weighted by Gasteiger charge is 2.43. The van der Waals surface area contributed by atoms with Crippen molar-refractivity contribution < 1.29 is 77.7 Å². The molecule has 48 heteroatoms. The summed E-state index contributed by atoms with van der Waals surface area (Å²) in [4.78, 5) is 100. The summed E-state index contributed by atoms with van der Waals surface area (Å²) < 4.78 is 48.8. The Morgan fingerprint density at radius 2 is 0.775 bits per heavy atom. The number of piperidine rings is 5. The number of aliphatic carboxylic acids is 5. The van der Waals surface area contributed by atoms with Crippen LogP contribution < -0.4 is 43.4 Å². The second-order valence-corrected chi connectivity index (χ2v) is 39.9. The van der Waals surface area contributed by atoms with Crippen molar-refractivity contribution in [3.8, 4) is 55.6 Å². The Labute approximate surface area is 821 Å². The summed E-state index contributed by atoms with van der Waals surface area (Å²) in [6, 6.07) is 11.5. The van der Waals surface area contributed by atoms with E-state index in [0.29, 0.717) is 139 Å². The summed E-state index contributed by atoms with van der Waals surface area (Å²) in [5.41, 5.74) is 44.8. The van der Waals surface area contributed by atoms with E-state index < -0.39 is 63.2 Å². The third-order valence-electron chi connectivity index (χ3n) is 27.0. The van der Waals surface area contributed by atoms with Crippen molar-refractivity contribution in [3.63, 3.8) is 0 Å². The summed E-state index contributed by atoms with van der Waals surface area (Å²) in [6.45, 7) is 7.58. The predicted octanol–water partition coefficient (Wildman–Crippen LogP) is 7.67. The van der Waals surface area contributed by atoms with E-state index in [1.165, 1.54) is 12.0 Å². The van der Waals surface area contributed by atoms with Crippen LogP contribution in [0.2, 0.25) is 0 Å². The van der Waals surface area contributed by atoms with Gasteiger partial charge in [-0.2, -0.15) is 52.4 Å². The number of amides is 1. The van der Waals surface area contributed by atoms with Gasteiger partial charge in [0.1, 0.15) is 69.7 Å². The maximum Gasteiger partial charge on any atom is 0.326 e. The van der Waals surface area contributed by atoms with Gasteiger partial charge in [-0.15, -0.1) is 0 Å². The number of methoxy groups -OCH3 is 1. The van der Waals surface area contributed by atoms with Gasteiger partial charge in [0, 0.05) is 254 Å². The van der Waals surface area contributed by atoms with E-state index >= 15 is 0 Å². The third kappa shape index (κ3) is 21.1. The van der Waals surface area contributed by atoms with Gasteiger partial charge >= 0.3 is 29.8 Å². The molecule has 0 saturated carbocycles. The Balaban J connectivity index is 0.000000128. The van der Waals surface area contributed by atoms with Crippen molar-refractivity contribution in [2.45, 2.75) is 132 Å². The number of aromatic nitrogens is 20. The van der Waals surface area contributed by atoms with E-state index in [9.17, 15) is 57.6 Å². The number of nitrogen functional groups attached to an aromatic ring is 5. The molecule has 17 N–H and O–H groups in total. The molecular formula is C94H115BrN30O16S. The fourth-order valence-electron chi connectivity index (χ4n) is 19.3. The molecule has 5 fully saturated rings. The number of nitrogens with zero attached hydrogens (tertiary/aromatic N) is 25. The lowest BCUT2D eigenvalue weighted by molar-refractivity contribution is -0.154. The average molecular weight is 2030 g/mol. The largest absolute Gasteiger partial charge is 0.481 e. The Bertz CT molecular complexity index is 7230. The van der Waals surface area contributed by atoms with Crippen molar-refractivity contribution in [1.82, 2.24) is 105 Å². The van der Waals surface area contributed by atoms with Crippen LogP contribution in [0.15, 0.2) is 140 Å². The van der Waals surface area contributed by atoms with Crippen LogP contribution in [0.25, 0.3) is 83.9 Å². The van der Waals surface area contributed by atoms with Gasteiger partial charge in [-0.1, -0.05) is 0 Å². The first-order valence-electron chi connectivity index (χ1n) is 46.1. The highest BCUT2D eigenvalue weighted by atomic mass is 79.9. The highest BCUT2D eigenvalue weighted by molar-refractivity contribution is 9.10. The second kappa shape index (κ2) is 40.7. The molecule has 4 unspecified atom stereocenters. The Morgan fingerprint density at radius 1 is 0.444 bits per heavy atom. The molecule has 15 aromatic rings. The number of likely N-dealkylation sites (tertiary alicyclic amines) is 1. The van der Waals surface area contributed by atoms with Crippen LogP contribution in [0.1, 0.15) is 118 Å².